The summed E-state index contributed by atoms with van der Waals surface area (Å²) in [4.78, 5) is -0.766. The van der Waals surface area contributed by atoms with Gasteiger partial charge in [0.2, 0.25) is 20.0 Å². The number of hydrogen-bond acceptors (Lipinski definition) is 5. The van der Waals surface area contributed by atoms with Gasteiger partial charge in [-0.1, -0.05) is 28.1 Å². The maximum atomic E-state index is 12.5. The van der Waals surface area contributed by atoms with Gasteiger partial charge in [-0.05, 0) is 42.3 Å². The van der Waals surface area contributed by atoms with Gasteiger partial charge in [0, 0.05) is 11.0 Å². The maximum absolute atomic E-state index is 12.5. The van der Waals surface area contributed by atoms with E-state index < -0.39 is 37.1 Å². The zero-order valence-corrected chi connectivity index (χ0v) is 17.1. The molecule has 28 heavy (non-hydrogen) atoms. The number of primary sulfonamides is 1. The number of sulfonamides is 2. The van der Waals surface area contributed by atoms with E-state index in [1.807, 2.05) is 0 Å². The molecule has 154 valence electrons. The van der Waals surface area contributed by atoms with Crippen LogP contribution in [0, 0.1) is 0 Å². The number of ether oxygens (including phenoxy) is 1. The Labute approximate surface area is 167 Å². The van der Waals surface area contributed by atoms with E-state index >= 15 is 0 Å². The van der Waals surface area contributed by atoms with Crippen molar-refractivity contribution in [3.63, 3.8) is 0 Å². The lowest BCUT2D eigenvalue weighted by Gasteiger charge is -2.14. The third kappa shape index (κ3) is 6.44. The van der Waals surface area contributed by atoms with Crippen molar-refractivity contribution < 1.29 is 34.7 Å². The lowest BCUT2D eigenvalue weighted by molar-refractivity contribution is -0.275. The summed E-state index contributed by atoms with van der Waals surface area (Å²) >= 11 is 2.96. The van der Waals surface area contributed by atoms with Crippen molar-refractivity contribution in [3.05, 3.63) is 52.5 Å². The van der Waals surface area contributed by atoms with Gasteiger partial charge in [0.1, 0.15) is 4.90 Å². The van der Waals surface area contributed by atoms with Gasteiger partial charge >= 0.3 is 6.36 Å². The number of rotatable bonds is 7. The van der Waals surface area contributed by atoms with E-state index in [1.54, 1.807) is 0 Å². The molecule has 2 aromatic carbocycles. The summed E-state index contributed by atoms with van der Waals surface area (Å²) in [5.41, 5.74) is 0.595. The van der Waals surface area contributed by atoms with Crippen LogP contribution in [0.4, 0.5) is 13.2 Å². The fourth-order valence-corrected chi connectivity index (χ4v) is 4.16. The summed E-state index contributed by atoms with van der Waals surface area (Å²) in [6.45, 7) is -0.140. The highest BCUT2D eigenvalue weighted by Gasteiger charge is 2.34. The second kappa shape index (κ2) is 8.37. The number of alkyl halides is 3. The first-order chi connectivity index (χ1) is 12.8. The molecular formula is C15H14BrF3N2O5S2. The molecule has 2 aromatic rings. The van der Waals surface area contributed by atoms with E-state index in [1.165, 1.54) is 30.3 Å². The first-order valence-corrected chi connectivity index (χ1v) is 11.3. The molecule has 0 atom stereocenters. The second-order valence-electron chi connectivity index (χ2n) is 5.48. The van der Waals surface area contributed by atoms with E-state index in [0.717, 1.165) is 12.1 Å². The number of hydrogen-bond donors (Lipinski definition) is 2. The van der Waals surface area contributed by atoms with Gasteiger partial charge in [0.25, 0.3) is 0 Å². The zero-order valence-electron chi connectivity index (χ0n) is 13.9. The van der Waals surface area contributed by atoms with Gasteiger partial charge in [-0.3, -0.25) is 0 Å². The molecule has 0 aromatic heterocycles. The Kier molecular flexibility index (Phi) is 6.76. The molecule has 0 aliphatic rings. The van der Waals surface area contributed by atoms with Gasteiger partial charge in [-0.25, -0.2) is 26.7 Å². The molecule has 0 heterocycles. The van der Waals surface area contributed by atoms with Crippen LogP contribution >= 0.6 is 15.9 Å². The molecule has 3 N–H and O–H groups in total. The molecule has 2 rings (SSSR count). The summed E-state index contributed by atoms with van der Waals surface area (Å²) < 4.78 is 90.9. The van der Waals surface area contributed by atoms with Gasteiger partial charge in [-0.2, -0.15) is 0 Å². The summed E-state index contributed by atoms with van der Waals surface area (Å²) in [5.74, 6) is -0.869. The Morgan fingerprint density at radius 1 is 1.04 bits per heavy atom. The minimum atomic E-state index is -5.06. The molecule has 0 aliphatic carbocycles. The zero-order chi connectivity index (χ0) is 21.2. The fraction of sp³-hybridized carbons (Fsp3) is 0.200. The lowest BCUT2D eigenvalue weighted by atomic mass is 10.2. The number of halogens is 4. The number of nitrogens with one attached hydrogen (secondary N) is 1. The number of nitrogens with two attached hydrogens (primary N) is 1. The van der Waals surface area contributed by atoms with Crippen LogP contribution in [-0.4, -0.2) is 29.7 Å². The summed E-state index contributed by atoms with van der Waals surface area (Å²) in [6, 6.07) is 8.58. The Balaban J connectivity index is 2.12. The van der Waals surface area contributed by atoms with E-state index in [4.69, 9.17) is 5.14 Å². The Hall–Kier alpha value is -1.67. The minimum absolute atomic E-state index is 0.0966. The maximum Gasteiger partial charge on any atom is 0.573 e. The molecule has 0 saturated heterocycles. The molecule has 0 spiro atoms. The highest BCUT2D eigenvalue weighted by atomic mass is 79.9. The predicted octanol–water partition coefficient (Wildman–Crippen LogP) is 2.52. The van der Waals surface area contributed by atoms with Gasteiger partial charge in [0.15, 0.2) is 5.75 Å². The van der Waals surface area contributed by atoms with Crippen LogP contribution in [0.15, 0.2) is 56.7 Å². The Bertz CT molecular complexity index is 1060. The molecule has 13 heteroatoms. The largest absolute Gasteiger partial charge is 0.573 e. The standard InChI is InChI=1S/C15H14BrF3N2O5S2/c16-11-3-6-14(13(9-11)26-15(17,18)19)28(24,25)21-8-7-10-1-4-12(5-2-10)27(20,22)23/h1-6,9,21H,7-8H2,(H2,20,22,23). The third-order valence-corrected chi connectivity index (χ3v) is 6.30. The van der Waals surface area contributed by atoms with Crippen molar-refractivity contribution in [2.24, 2.45) is 5.14 Å². The van der Waals surface area contributed by atoms with Crippen molar-refractivity contribution in [1.82, 2.24) is 4.72 Å². The monoisotopic (exact) mass is 502 g/mol. The lowest BCUT2D eigenvalue weighted by Crippen LogP contribution is -2.27. The van der Waals surface area contributed by atoms with Crippen molar-refractivity contribution in [3.8, 4) is 5.75 Å². The molecule has 7 nitrogen and oxygen atoms in total. The SMILES string of the molecule is NS(=O)(=O)c1ccc(CCNS(=O)(=O)c2ccc(Br)cc2OC(F)(F)F)cc1. The van der Waals surface area contributed by atoms with Crippen molar-refractivity contribution in [1.29, 1.82) is 0 Å². The van der Waals surface area contributed by atoms with Crippen molar-refractivity contribution in [2.75, 3.05) is 6.54 Å². The minimum Gasteiger partial charge on any atom is -0.404 e. The Morgan fingerprint density at radius 3 is 2.18 bits per heavy atom. The molecule has 0 fully saturated rings. The first kappa shape index (κ1) is 22.6. The fourth-order valence-electron chi connectivity index (χ4n) is 2.16. The molecular weight excluding hydrogens is 489 g/mol. The third-order valence-electron chi connectivity index (χ3n) is 3.38. The predicted molar refractivity (Wildman–Crippen MR) is 97.5 cm³/mol. The van der Waals surface area contributed by atoms with Crippen LogP contribution in [-0.2, 0) is 26.5 Å². The first-order valence-electron chi connectivity index (χ1n) is 7.45. The summed E-state index contributed by atoms with van der Waals surface area (Å²) in [6.07, 6.45) is -4.90. The van der Waals surface area contributed by atoms with E-state index in [0.29, 0.717) is 5.56 Å². The topological polar surface area (TPSA) is 116 Å². The van der Waals surface area contributed by atoms with E-state index in [2.05, 4.69) is 25.4 Å². The van der Waals surface area contributed by atoms with Crippen LogP contribution in [0.3, 0.4) is 0 Å². The van der Waals surface area contributed by atoms with Crippen molar-refractivity contribution >= 4 is 36.0 Å². The smallest absolute Gasteiger partial charge is 0.404 e. The molecule has 0 saturated carbocycles. The average Bonchev–Trinajstić information content (AvgIpc) is 2.52. The number of benzene rings is 2. The molecule has 0 bridgehead atoms. The van der Waals surface area contributed by atoms with Crippen LogP contribution in [0.1, 0.15) is 5.56 Å². The van der Waals surface area contributed by atoms with E-state index in [-0.39, 0.29) is 22.3 Å². The second-order valence-corrected chi connectivity index (χ2v) is 9.69. The van der Waals surface area contributed by atoms with Crippen molar-refractivity contribution in [2.45, 2.75) is 22.6 Å². The van der Waals surface area contributed by atoms with Crippen LogP contribution in [0.2, 0.25) is 0 Å². The van der Waals surface area contributed by atoms with Crippen LogP contribution < -0.4 is 14.6 Å². The molecule has 0 amide bonds. The van der Waals surface area contributed by atoms with Crippen LogP contribution in [0.25, 0.3) is 0 Å². The normalized spacial score (nSPS) is 12.8. The Morgan fingerprint density at radius 2 is 1.64 bits per heavy atom. The highest BCUT2D eigenvalue weighted by molar-refractivity contribution is 9.10. The van der Waals surface area contributed by atoms with Gasteiger partial charge in [0.05, 0.1) is 4.90 Å². The van der Waals surface area contributed by atoms with Gasteiger partial charge in [-0.15, -0.1) is 13.2 Å². The average molecular weight is 503 g/mol. The summed E-state index contributed by atoms with van der Waals surface area (Å²) in [7, 11) is -8.14. The molecule has 0 unspecified atom stereocenters. The molecule has 0 aliphatic heterocycles. The molecule has 0 radical (unpaired) electrons. The van der Waals surface area contributed by atoms with E-state index in [9.17, 15) is 30.0 Å². The quantitative estimate of drug-likeness (QED) is 0.603. The van der Waals surface area contributed by atoms with Gasteiger partial charge < -0.3 is 4.74 Å². The summed E-state index contributed by atoms with van der Waals surface area (Å²) in [5, 5.41) is 4.98. The highest BCUT2D eigenvalue weighted by Crippen LogP contribution is 2.32. The van der Waals surface area contributed by atoms with Crippen LogP contribution in [0.5, 0.6) is 5.75 Å².